The van der Waals surface area contributed by atoms with Gasteiger partial charge in [-0.3, -0.25) is 0 Å². The minimum absolute atomic E-state index is 0.109. The molecule has 1 aromatic rings. The van der Waals surface area contributed by atoms with E-state index in [-0.39, 0.29) is 6.61 Å². The highest BCUT2D eigenvalue weighted by Gasteiger charge is 2.17. The number of hydrogen-bond acceptors (Lipinski definition) is 4. The van der Waals surface area contributed by atoms with Crippen molar-refractivity contribution in [2.75, 3.05) is 6.54 Å². The summed E-state index contributed by atoms with van der Waals surface area (Å²) in [4.78, 5) is 0.712. The monoisotopic (exact) mass is 333 g/mol. The van der Waals surface area contributed by atoms with Gasteiger partial charge in [-0.15, -0.1) is 11.3 Å². The average molecular weight is 334 g/mol. The van der Waals surface area contributed by atoms with E-state index < -0.39 is 10.0 Å². The minimum atomic E-state index is -3.42. The molecule has 0 spiro atoms. The molecule has 0 amide bonds. The van der Waals surface area contributed by atoms with Crippen molar-refractivity contribution < 1.29 is 13.5 Å². The van der Waals surface area contributed by atoms with E-state index in [4.69, 9.17) is 5.11 Å². The van der Waals surface area contributed by atoms with Crippen molar-refractivity contribution in [3.05, 3.63) is 16.5 Å². The zero-order valence-electron chi connectivity index (χ0n) is 13.2. The first kappa shape index (κ1) is 18.6. The van der Waals surface area contributed by atoms with Gasteiger partial charge in [-0.25, -0.2) is 13.1 Å². The van der Waals surface area contributed by atoms with Crippen LogP contribution in [0.15, 0.2) is 10.3 Å². The third kappa shape index (κ3) is 6.46. The number of unbranched alkanes of at least 4 members (excludes halogenated alkanes) is 3. The molecule has 0 unspecified atom stereocenters. The molecule has 1 aromatic heterocycles. The van der Waals surface area contributed by atoms with Crippen molar-refractivity contribution in [3.8, 4) is 0 Å². The van der Waals surface area contributed by atoms with E-state index in [2.05, 4.69) is 18.6 Å². The summed E-state index contributed by atoms with van der Waals surface area (Å²) in [7, 11) is -3.42. The topological polar surface area (TPSA) is 66.4 Å². The molecule has 0 aliphatic rings. The summed E-state index contributed by atoms with van der Waals surface area (Å²) in [6, 6.07) is 1.63. The lowest BCUT2D eigenvalue weighted by Gasteiger charge is -2.06. The molecule has 0 aromatic carbocycles. The Bertz CT molecular complexity index is 521. The van der Waals surface area contributed by atoms with Gasteiger partial charge in [0.05, 0.1) is 6.61 Å². The van der Waals surface area contributed by atoms with Gasteiger partial charge >= 0.3 is 0 Å². The Morgan fingerprint density at radius 2 is 1.90 bits per heavy atom. The van der Waals surface area contributed by atoms with Gasteiger partial charge in [0.2, 0.25) is 10.0 Å². The number of hydrogen-bond donors (Lipinski definition) is 2. The van der Waals surface area contributed by atoms with Crippen LogP contribution >= 0.6 is 11.3 Å². The van der Waals surface area contributed by atoms with Crippen molar-refractivity contribution >= 4 is 21.4 Å². The maximum Gasteiger partial charge on any atom is 0.250 e. The van der Waals surface area contributed by atoms with Gasteiger partial charge in [0.15, 0.2) is 0 Å². The average Bonchev–Trinajstić information content (AvgIpc) is 2.79. The quantitative estimate of drug-likeness (QED) is 0.645. The molecule has 0 fully saturated rings. The second-order valence-electron chi connectivity index (χ2n) is 5.82. The first-order valence-corrected chi connectivity index (χ1v) is 9.86. The van der Waals surface area contributed by atoms with Gasteiger partial charge in [0, 0.05) is 11.4 Å². The number of sulfonamides is 1. The van der Waals surface area contributed by atoms with Crippen LogP contribution in [-0.2, 0) is 16.6 Å². The number of aliphatic hydroxyl groups is 1. The predicted octanol–water partition coefficient (Wildman–Crippen LogP) is 3.43. The van der Waals surface area contributed by atoms with Crippen LogP contribution in [0.5, 0.6) is 0 Å². The number of thiophene rings is 1. The number of nitrogens with one attached hydrogen (secondary N) is 1. The minimum Gasteiger partial charge on any atom is -0.391 e. The lowest BCUT2D eigenvalue weighted by molar-refractivity contribution is 0.285. The summed E-state index contributed by atoms with van der Waals surface area (Å²) in [5.74, 6) is 0.742. The molecule has 0 aliphatic heterocycles. The molecule has 2 N–H and O–H groups in total. The van der Waals surface area contributed by atoms with Crippen molar-refractivity contribution in [2.24, 2.45) is 5.92 Å². The summed E-state index contributed by atoms with van der Waals surface area (Å²) >= 11 is 1.14. The molecule has 21 heavy (non-hydrogen) atoms. The van der Waals surface area contributed by atoms with Crippen molar-refractivity contribution in [3.63, 3.8) is 0 Å². The van der Waals surface area contributed by atoms with Gasteiger partial charge in [-0.05, 0) is 30.9 Å². The first-order valence-electron chi connectivity index (χ1n) is 7.56. The van der Waals surface area contributed by atoms with Gasteiger partial charge < -0.3 is 5.11 Å². The van der Waals surface area contributed by atoms with Crippen molar-refractivity contribution in [2.45, 2.75) is 63.7 Å². The maximum absolute atomic E-state index is 12.1. The molecule has 6 heteroatoms. The van der Waals surface area contributed by atoms with E-state index in [0.717, 1.165) is 42.1 Å². The molecule has 1 rings (SSSR count). The zero-order chi connectivity index (χ0) is 15.9. The second-order valence-corrected chi connectivity index (χ2v) is 8.95. The standard InChI is InChI=1S/C15H27NO3S2/c1-12(2)8-6-4-5-7-9-16-21(18,19)15-10-13(3)14(11-17)20-15/h10,12,16-17H,4-9,11H2,1-3H3. The third-order valence-corrected chi connectivity index (χ3v) is 6.56. The molecule has 0 saturated heterocycles. The Balaban J connectivity index is 2.33. The molecule has 4 nitrogen and oxygen atoms in total. The largest absolute Gasteiger partial charge is 0.391 e. The van der Waals surface area contributed by atoms with E-state index in [0.29, 0.717) is 15.6 Å². The van der Waals surface area contributed by atoms with Crippen LogP contribution in [-0.4, -0.2) is 20.1 Å². The molecule has 0 saturated carbocycles. The van der Waals surface area contributed by atoms with E-state index in [1.54, 1.807) is 6.07 Å². The molecule has 0 bridgehead atoms. The van der Waals surface area contributed by atoms with Gasteiger partial charge in [-0.2, -0.15) is 0 Å². The van der Waals surface area contributed by atoms with Crippen LogP contribution in [0.3, 0.4) is 0 Å². The van der Waals surface area contributed by atoms with Crippen LogP contribution in [0.25, 0.3) is 0 Å². The maximum atomic E-state index is 12.1. The van der Waals surface area contributed by atoms with Crippen molar-refractivity contribution in [1.29, 1.82) is 0 Å². The van der Waals surface area contributed by atoms with E-state index in [1.165, 1.54) is 12.8 Å². The summed E-state index contributed by atoms with van der Waals surface area (Å²) < 4.78 is 27.2. The molecule has 0 aliphatic carbocycles. The number of rotatable bonds is 10. The highest BCUT2D eigenvalue weighted by atomic mass is 32.2. The third-order valence-electron chi connectivity index (χ3n) is 3.41. The first-order chi connectivity index (χ1) is 9.86. The molecular weight excluding hydrogens is 306 g/mol. The Labute approximate surface area is 132 Å². The van der Waals surface area contributed by atoms with Crippen LogP contribution in [0, 0.1) is 12.8 Å². The fourth-order valence-electron chi connectivity index (χ4n) is 2.09. The Morgan fingerprint density at radius 3 is 2.48 bits per heavy atom. The van der Waals surface area contributed by atoms with Crippen LogP contribution in [0.1, 0.15) is 56.4 Å². The summed E-state index contributed by atoms with van der Waals surface area (Å²) in [6.45, 7) is 6.63. The van der Waals surface area contributed by atoms with Crippen molar-refractivity contribution in [1.82, 2.24) is 4.72 Å². The number of aryl methyl sites for hydroxylation is 1. The van der Waals surface area contributed by atoms with Crippen LogP contribution in [0.4, 0.5) is 0 Å². The Hall–Kier alpha value is -0.430. The predicted molar refractivity (Wildman–Crippen MR) is 88.1 cm³/mol. The molecule has 0 radical (unpaired) electrons. The highest BCUT2D eigenvalue weighted by Crippen LogP contribution is 2.25. The lowest BCUT2D eigenvalue weighted by atomic mass is 10.0. The van der Waals surface area contributed by atoms with Gasteiger partial charge in [-0.1, -0.05) is 39.5 Å². The van der Waals surface area contributed by atoms with E-state index in [1.807, 2.05) is 6.92 Å². The number of aliphatic hydroxyl groups excluding tert-OH is 1. The Morgan fingerprint density at radius 1 is 1.24 bits per heavy atom. The highest BCUT2D eigenvalue weighted by molar-refractivity contribution is 7.91. The Kier molecular flexibility index (Phi) is 7.87. The van der Waals surface area contributed by atoms with Gasteiger partial charge in [0.1, 0.15) is 4.21 Å². The fraction of sp³-hybridized carbons (Fsp3) is 0.733. The zero-order valence-corrected chi connectivity index (χ0v) is 14.8. The van der Waals surface area contributed by atoms with E-state index in [9.17, 15) is 8.42 Å². The smallest absolute Gasteiger partial charge is 0.250 e. The molecule has 0 atom stereocenters. The molecule has 122 valence electrons. The molecular formula is C15H27NO3S2. The molecule has 1 heterocycles. The summed E-state index contributed by atoms with van der Waals surface area (Å²) in [6.07, 6.45) is 5.54. The lowest BCUT2D eigenvalue weighted by Crippen LogP contribution is -2.24. The normalized spacial score (nSPS) is 12.2. The van der Waals surface area contributed by atoms with Crippen LogP contribution in [0.2, 0.25) is 0 Å². The second kappa shape index (κ2) is 8.88. The fourth-order valence-corrected chi connectivity index (χ4v) is 4.65. The van der Waals surface area contributed by atoms with Gasteiger partial charge in [0.25, 0.3) is 0 Å². The summed E-state index contributed by atoms with van der Waals surface area (Å²) in [5, 5.41) is 9.13. The SMILES string of the molecule is Cc1cc(S(=O)(=O)NCCCCCCC(C)C)sc1CO. The summed E-state index contributed by atoms with van der Waals surface area (Å²) in [5.41, 5.74) is 0.830. The van der Waals surface area contributed by atoms with Crippen LogP contribution < -0.4 is 4.72 Å². The van der Waals surface area contributed by atoms with E-state index >= 15 is 0 Å².